The second-order valence-electron chi connectivity index (χ2n) is 9.26. The molecule has 11 heteroatoms. The van der Waals surface area contributed by atoms with E-state index in [9.17, 15) is 4.79 Å². The van der Waals surface area contributed by atoms with E-state index in [0.717, 1.165) is 17.8 Å². The molecular formula is C22H25N9OS. The minimum atomic E-state index is -0.770. The van der Waals surface area contributed by atoms with Crippen molar-refractivity contribution in [1.29, 1.82) is 0 Å². The molecule has 1 atom stereocenters. The summed E-state index contributed by atoms with van der Waals surface area (Å²) in [6.07, 6.45) is 7.52. The number of thiazole rings is 1. The normalized spacial score (nSPS) is 21.5. The number of carbonyl (C=O) groups excluding carboxylic acids is 1. The maximum Gasteiger partial charge on any atom is 0.251 e. The molecule has 33 heavy (non-hydrogen) atoms. The van der Waals surface area contributed by atoms with Crippen molar-refractivity contribution in [2.75, 3.05) is 22.1 Å². The molecule has 2 fully saturated rings. The number of aromatic nitrogens is 6. The molecule has 1 aliphatic carbocycles. The molecule has 0 unspecified atom stereocenters. The zero-order valence-electron chi connectivity index (χ0n) is 18.5. The van der Waals surface area contributed by atoms with Crippen molar-refractivity contribution in [2.45, 2.75) is 50.5 Å². The Balaban J connectivity index is 1.33. The van der Waals surface area contributed by atoms with Gasteiger partial charge in [-0.25, -0.2) is 4.98 Å². The molecule has 170 valence electrons. The fourth-order valence-electron chi connectivity index (χ4n) is 4.43. The summed E-state index contributed by atoms with van der Waals surface area (Å²) < 4.78 is 1.89. The smallest absolute Gasteiger partial charge is 0.251 e. The van der Waals surface area contributed by atoms with Crippen molar-refractivity contribution >= 4 is 45.7 Å². The average molecular weight is 464 g/mol. The minimum Gasteiger partial charge on any atom is -0.326 e. The van der Waals surface area contributed by atoms with Crippen LogP contribution < -0.4 is 15.5 Å². The molecule has 1 saturated heterocycles. The van der Waals surface area contributed by atoms with Gasteiger partial charge in [0.2, 0.25) is 11.9 Å². The van der Waals surface area contributed by atoms with Crippen LogP contribution in [0.15, 0.2) is 36.0 Å². The van der Waals surface area contributed by atoms with Crippen LogP contribution in [0.1, 0.15) is 45.2 Å². The van der Waals surface area contributed by atoms with Gasteiger partial charge in [-0.3, -0.25) is 19.6 Å². The van der Waals surface area contributed by atoms with Crippen molar-refractivity contribution in [1.82, 2.24) is 29.5 Å². The lowest BCUT2D eigenvalue weighted by Crippen LogP contribution is -2.51. The molecule has 4 aromatic rings. The van der Waals surface area contributed by atoms with Crippen LogP contribution in [0.3, 0.4) is 0 Å². The number of H-pyrrole nitrogens is 1. The Morgan fingerprint density at radius 2 is 2.12 bits per heavy atom. The van der Waals surface area contributed by atoms with Crippen LogP contribution >= 0.6 is 11.3 Å². The van der Waals surface area contributed by atoms with Crippen molar-refractivity contribution in [2.24, 2.45) is 0 Å². The highest BCUT2D eigenvalue weighted by Crippen LogP contribution is 2.47. The molecule has 10 nitrogen and oxygen atoms in total. The lowest BCUT2D eigenvalue weighted by Gasteiger charge is -2.33. The number of hydrogen-bond donors (Lipinski definition) is 3. The predicted octanol–water partition coefficient (Wildman–Crippen LogP) is 3.70. The van der Waals surface area contributed by atoms with Crippen molar-refractivity contribution in [3.8, 4) is 0 Å². The number of fused-ring (bicyclic) bond motifs is 1. The van der Waals surface area contributed by atoms with E-state index in [1.165, 1.54) is 24.2 Å². The molecular weight excluding hydrogens is 438 g/mol. The lowest BCUT2D eigenvalue weighted by molar-refractivity contribution is -0.120. The fourth-order valence-corrected chi connectivity index (χ4v) is 4.95. The number of amides is 1. The summed E-state index contributed by atoms with van der Waals surface area (Å²) in [7, 11) is 0. The summed E-state index contributed by atoms with van der Waals surface area (Å²) in [5.74, 6) is 1.73. The SMILES string of the molecule is CC1(c2cc(Nc3nc(N4CCC[C@@]4(C)C(=O)Nc4nccs4)nc4cccn34)n[nH]2)CC1. The highest BCUT2D eigenvalue weighted by molar-refractivity contribution is 7.13. The first kappa shape index (κ1) is 20.2. The predicted molar refractivity (Wildman–Crippen MR) is 127 cm³/mol. The number of aromatic amines is 1. The van der Waals surface area contributed by atoms with Crippen LogP contribution in [0.25, 0.3) is 5.65 Å². The number of hydrogen-bond acceptors (Lipinski definition) is 8. The van der Waals surface area contributed by atoms with Gasteiger partial charge in [-0.1, -0.05) is 6.92 Å². The molecule has 1 amide bonds. The summed E-state index contributed by atoms with van der Waals surface area (Å²) in [6.45, 7) is 4.88. The van der Waals surface area contributed by atoms with Gasteiger partial charge < -0.3 is 10.2 Å². The summed E-state index contributed by atoms with van der Waals surface area (Å²) in [5.41, 5.74) is 1.32. The summed E-state index contributed by atoms with van der Waals surface area (Å²) in [5, 5.41) is 16.3. The molecule has 1 saturated carbocycles. The monoisotopic (exact) mass is 463 g/mol. The van der Waals surface area contributed by atoms with Gasteiger partial charge in [-0.2, -0.15) is 15.1 Å². The molecule has 1 aliphatic heterocycles. The first-order chi connectivity index (χ1) is 15.9. The molecule has 2 aliphatic rings. The first-order valence-corrected chi connectivity index (χ1v) is 12.0. The Morgan fingerprint density at radius 3 is 2.91 bits per heavy atom. The summed E-state index contributed by atoms with van der Waals surface area (Å²) in [4.78, 5) is 29.0. The maximum absolute atomic E-state index is 13.2. The zero-order chi connectivity index (χ0) is 22.6. The third-order valence-corrected chi connectivity index (χ3v) is 7.56. The van der Waals surface area contributed by atoms with Gasteiger partial charge >= 0.3 is 0 Å². The molecule has 5 heterocycles. The third kappa shape index (κ3) is 3.43. The minimum absolute atomic E-state index is 0.0991. The van der Waals surface area contributed by atoms with Crippen molar-refractivity contribution in [3.05, 3.63) is 41.7 Å². The molecule has 4 aromatic heterocycles. The summed E-state index contributed by atoms with van der Waals surface area (Å²) in [6, 6.07) is 5.91. The molecule has 0 radical (unpaired) electrons. The van der Waals surface area contributed by atoms with Crippen LogP contribution in [-0.4, -0.2) is 47.5 Å². The van der Waals surface area contributed by atoms with E-state index < -0.39 is 5.54 Å². The van der Waals surface area contributed by atoms with Crippen molar-refractivity contribution < 1.29 is 4.79 Å². The van der Waals surface area contributed by atoms with E-state index in [4.69, 9.17) is 9.97 Å². The van der Waals surface area contributed by atoms with Crippen LogP contribution in [-0.2, 0) is 10.2 Å². The second kappa shape index (κ2) is 7.27. The van der Waals surface area contributed by atoms with Crippen LogP contribution in [0.5, 0.6) is 0 Å². The molecule has 6 rings (SSSR count). The van der Waals surface area contributed by atoms with E-state index in [1.807, 2.05) is 46.0 Å². The largest absolute Gasteiger partial charge is 0.326 e. The van der Waals surface area contributed by atoms with Gasteiger partial charge in [0.05, 0.1) is 0 Å². The van der Waals surface area contributed by atoms with E-state index in [1.54, 1.807) is 6.20 Å². The van der Waals surface area contributed by atoms with Gasteiger partial charge in [0, 0.05) is 41.5 Å². The Kier molecular flexibility index (Phi) is 4.44. The average Bonchev–Trinajstić information content (AvgIpc) is 3.35. The quantitative estimate of drug-likeness (QED) is 0.399. The highest BCUT2D eigenvalue weighted by Gasteiger charge is 2.45. The highest BCUT2D eigenvalue weighted by atomic mass is 32.1. The molecule has 0 aromatic carbocycles. The fraction of sp³-hybridized carbons (Fsp3) is 0.409. The summed E-state index contributed by atoms with van der Waals surface area (Å²) >= 11 is 1.40. The van der Waals surface area contributed by atoms with Gasteiger partial charge in [0.25, 0.3) is 5.91 Å². The van der Waals surface area contributed by atoms with E-state index in [0.29, 0.717) is 35.8 Å². The maximum atomic E-state index is 13.2. The number of anilines is 4. The van der Waals surface area contributed by atoms with E-state index >= 15 is 0 Å². The van der Waals surface area contributed by atoms with E-state index in [-0.39, 0.29) is 11.3 Å². The van der Waals surface area contributed by atoms with E-state index in [2.05, 4.69) is 32.7 Å². The topological polar surface area (TPSA) is 116 Å². The van der Waals surface area contributed by atoms with Gasteiger partial charge in [-0.05, 0) is 44.7 Å². The Bertz CT molecular complexity index is 1320. The number of nitrogens with zero attached hydrogens (tertiary/aromatic N) is 6. The van der Waals surface area contributed by atoms with Crippen LogP contribution in [0.2, 0.25) is 0 Å². The van der Waals surface area contributed by atoms with Gasteiger partial charge in [0.1, 0.15) is 11.2 Å². The third-order valence-electron chi connectivity index (χ3n) is 6.87. The second-order valence-corrected chi connectivity index (χ2v) is 10.2. The van der Waals surface area contributed by atoms with Crippen LogP contribution in [0, 0.1) is 0 Å². The lowest BCUT2D eigenvalue weighted by atomic mass is 9.98. The Labute approximate surface area is 194 Å². The van der Waals surface area contributed by atoms with Crippen LogP contribution in [0.4, 0.5) is 22.8 Å². The Hall–Kier alpha value is -3.47. The molecule has 3 N–H and O–H groups in total. The number of rotatable bonds is 6. The standard InChI is InChI=1S/C22H25N9OS/c1-21(7-8-21)14-13-15(29-28-14)24-18-27-19(25-16-5-3-10-30(16)18)31-11-4-6-22(31,2)17(32)26-20-23-9-12-33-20/h3,5,9-10,12-13H,4,6-8,11H2,1-2H3,(H,23,26,32)(H2,24,25,27,28,29)/t22-/m0/s1. The van der Waals surface area contributed by atoms with Gasteiger partial charge in [0.15, 0.2) is 10.9 Å². The van der Waals surface area contributed by atoms with Gasteiger partial charge in [-0.15, -0.1) is 11.3 Å². The molecule has 0 bridgehead atoms. The Morgan fingerprint density at radius 1 is 1.24 bits per heavy atom. The number of carbonyl (C=O) groups is 1. The van der Waals surface area contributed by atoms with Crippen molar-refractivity contribution in [3.63, 3.8) is 0 Å². The molecule has 0 spiro atoms. The first-order valence-electron chi connectivity index (χ1n) is 11.1. The number of nitrogens with one attached hydrogen (secondary N) is 3. The zero-order valence-corrected chi connectivity index (χ0v) is 19.3.